The number of nitrogens with zero attached hydrogens (tertiary/aromatic N) is 1. The first-order chi connectivity index (χ1) is 8.78. The van der Waals surface area contributed by atoms with Crippen molar-refractivity contribution in [3.63, 3.8) is 0 Å². The molecule has 2 fully saturated rings. The number of fused-ring (bicyclic) bond motifs is 2. The second-order valence-electron chi connectivity index (χ2n) is 5.85. The largest absolute Gasteiger partial charge is 0.381 e. The van der Waals surface area contributed by atoms with E-state index in [-0.39, 0.29) is 0 Å². The molecule has 2 nitrogen and oxygen atoms in total. The molecule has 1 aromatic rings. The molecule has 0 aromatic heterocycles. The molecule has 2 heterocycles. The quantitative estimate of drug-likeness (QED) is 0.879. The monoisotopic (exact) mass is 244 g/mol. The van der Waals surface area contributed by atoms with E-state index < -0.39 is 0 Å². The van der Waals surface area contributed by atoms with Crippen molar-refractivity contribution in [2.75, 3.05) is 25.0 Å². The van der Waals surface area contributed by atoms with E-state index in [9.17, 15) is 0 Å². The maximum Gasteiger partial charge on any atom is 0.0404 e. The summed E-state index contributed by atoms with van der Waals surface area (Å²) in [6.45, 7) is 8.38. The van der Waals surface area contributed by atoms with Gasteiger partial charge in [-0.05, 0) is 49.8 Å². The van der Waals surface area contributed by atoms with Crippen LogP contribution in [0.15, 0.2) is 18.2 Å². The molecule has 2 heteroatoms. The van der Waals surface area contributed by atoms with Crippen LogP contribution in [0.1, 0.15) is 30.9 Å². The average Bonchev–Trinajstić information content (AvgIpc) is 2.77. The first-order valence-corrected chi connectivity index (χ1v) is 7.35. The number of para-hydroxylation sites is 1. The molecular formula is C16H24N2. The van der Waals surface area contributed by atoms with E-state index in [1.54, 1.807) is 0 Å². The van der Waals surface area contributed by atoms with Crippen molar-refractivity contribution in [1.82, 2.24) is 4.90 Å². The van der Waals surface area contributed by atoms with Crippen LogP contribution in [0, 0.1) is 12.8 Å². The van der Waals surface area contributed by atoms with Crippen molar-refractivity contribution < 1.29 is 0 Å². The SMILES string of the molecule is CCc1cccc(C)c1NC1CCN2CCC1C2. The Bertz CT molecular complexity index is 427. The Morgan fingerprint density at radius 3 is 2.94 bits per heavy atom. The fourth-order valence-corrected chi connectivity index (χ4v) is 3.56. The summed E-state index contributed by atoms with van der Waals surface area (Å²) >= 11 is 0. The zero-order chi connectivity index (χ0) is 12.5. The van der Waals surface area contributed by atoms with E-state index in [0.29, 0.717) is 6.04 Å². The normalized spacial score (nSPS) is 30.4. The van der Waals surface area contributed by atoms with Crippen LogP contribution in [0.3, 0.4) is 0 Å². The van der Waals surface area contributed by atoms with Gasteiger partial charge < -0.3 is 10.2 Å². The van der Waals surface area contributed by atoms with Crippen LogP contribution in [0.4, 0.5) is 5.69 Å². The van der Waals surface area contributed by atoms with Gasteiger partial charge in [-0.25, -0.2) is 0 Å². The number of hydrogen-bond donors (Lipinski definition) is 1. The molecule has 98 valence electrons. The summed E-state index contributed by atoms with van der Waals surface area (Å²) < 4.78 is 0. The van der Waals surface area contributed by atoms with Crippen LogP contribution < -0.4 is 5.32 Å². The number of hydrogen-bond acceptors (Lipinski definition) is 2. The van der Waals surface area contributed by atoms with Crippen molar-refractivity contribution in [1.29, 1.82) is 0 Å². The lowest BCUT2D eigenvalue weighted by atomic mass is 9.93. The maximum absolute atomic E-state index is 3.87. The van der Waals surface area contributed by atoms with Gasteiger partial charge in [-0.3, -0.25) is 0 Å². The van der Waals surface area contributed by atoms with Gasteiger partial charge in [-0.15, -0.1) is 0 Å². The molecule has 3 unspecified atom stereocenters. The number of anilines is 1. The van der Waals surface area contributed by atoms with E-state index in [1.165, 1.54) is 49.3 Å². The van der Waals surface area contributed by atoms with Crippen LogP contribution in [0.2, 0.25) is 0 Å². The Morgan fingerprint density at radius 1 is 1.28 bits per heavy atom. The second-order valence-corrected chi connectivity index (χ2v) is 5.85. The highest BCUT2D eigenvalue weighted by atomic mass is 15.2. The second kappa shape index (κ2) is 4.93. The number of benzene rings is 1. The molecule has 0 amide bonds. The average molecular weight is 244 g/mol. The molecule has 0 radical (unpaired) electrons. The minimum atomic E-state index is 0.690. The summed E-state index contributed by atoms with van der Waals surface area (Å²) in [4.78, 5) is 2.61. The minimum absolute atomic E-state index is 0.690. The Kier molecular flexibility index (Phi) is 3.29. The highest BCUT2D eigenvalue weighted by Gasteiger charge is 2.34. The molecule has 2 bridgehead atoms. The van der Waals surface area contributed by atoms with Gasteiger partial charge >= 0.3 is 0 Å². The van der Waals surface area contributed by atoms with Gasteiger partial charge in [-0.2, -0.15) is 0 Å². The topological polar surface area (TPSA) is 15.3 Å². The summed E-state index contributed by atoms with van der Waals surface area (Å²) in [6.07, 6.45) is 3.81. The van der Waals surface area contributed by atoms with Gasteiger partial charge in [0.15, 0.2) is 0 Å². The summed E-state index contributed by atoms with van der Waals surface area (Å²) in [5, 5.41) is 3.87. The number of rotatable bonds is 3. The Morgan fingerprint density at radius 2 is 2.11 bits per heavy atom. The van der Waals surface area contributed by atoms with Crippen molar-refractivity contribution in [3.8, 4) is 0 Å². The zero-order valence-electron chi connectivity index (χ0n) is 11.6. The van der Waals surface area contributed by atoms with Crippen molar-refractivity contribution in [2.24, 2.45) is 5.92 Å². The first-order valence-electron chi connectivity index (χ1n) is 7.35. The Labute approximate surface area is 110 Å². The van der Waals surface area contributed by atoms with Crippen molar-refractivity contribution in [2.45, 2.75) is 39.2 Å². The van der Waals surface area contributed by atoms with E-state index in [4.69, 9.17) is 0 Å². The van der Waals surface area contributed by atoms with E-state index in [0.717, 1.165) is 12.3 Å². The lowest BCUT2D eigenvalue weighted by Crippen LogP contribution is -2.39. The molecule has 3 rings (SSSR count). The third kappa shape index (κ3) is 2.14. The highest BCUT2D eigenvalue weighted by molar-refractivity contribution is 5.58. The van der Waals surface area contributed by atoms with Crippen LogP contribution in [-0.2, 0) is 6.42 Å². The smallest absolute Gasteiger partial charge is 0.0404 e. The molecule has 2 aliphatic rings. The summed E-state index contributed by atoms with van der Waals surface area (Å²) in [5.41, 5.74) is 4.27. The third-order valence-electron chi connectivity index (χ3n) is 4.70. The van der Waals surface area contributed by atoms with Crippen LogP contribution in [0.25, 0.3) is 0 Å². The predicted octanol–water partition coefficient (Wildman–Crippen LogP) is 3.06. The molecule has 1 aromatic carbocycles. The lowest BCUT2D eigenvalue weighted by molar-refractivity contribution is 0.255. The third-order valence-corrected chi connectivity index (χ3v) is 4.70. The molecule has 0 saturated carbocycles. The summed E-state index contributed by atoms with van der Waals surface area (Å²) in [6, 6.07) is 7.36. The van der Waals surface area contributed by atoms with Gasteiger partial charge in [0, 0.05) is 24.8 Å². The number of aryl methyl sites for hydroxylation is 2. The van der Waals surface area contributed by atoms with Crippen molar-refractivity contribution >= 4 is 5.69 Å². The van der Waals surface area contributed by atoms with Gasteiger partial charge in [0.05, 0.1) is 0 Å². The fourth-order valence-electron chi connectivity index (χ4n) is 3.56. The fraction of sp³-hybridized carbons (Fsp3) is 0.625. The van der Waals surface area contributed by atoms with E-state index >= 15 is 0 Å². The predicted molar refractivity (Wildman–Crippen MR) is 77.1 cm³/mol. The lowest BCUT2D eigenvalue weighted by Gasteiger charge is -2.32. The van der Waals surface area contributed by atoms with Gasteiger partial charge in [0.25, 0.3) is 0 Å². The maximum atomic E-state index is 3.87. The standard InChI is InChI=1S/C16H24N2/c1-3-13-6-4-5-12(2)16(13)17-15-8-10-18-9-7-14(15)11-18/h4-6,14-15,17H,3,7-11H2,1-2H3. The number of piperidine rings is 1. The molecule has 3 atom stereocenters. The molecule has 0 aliphatic carbocycles. The Balaban J connectivity index is 1.79. The molecule has 1 N–H and O–H groups in total. The van der Waals surface area contributed by atoms with Crippen LogP contribution in [0.5, 0.6) is 0 Å². The zero-order valence-corrected chi connectivity index (χ0v) is 11.6. The molecule has 2 aliphatic heterocycles. The minimum Gasteiger partial charge on any atom is -0.381 e. The highest BCUT2D eigenvalue weighted by Crippen LogP contribution is 2.31. The van der Waals surface area contributed by atoms with Gasteiger partial charge in [0.1, 0.15) is 0 Å². The van der Waals surface area contributed by atoms with Crippen LogP contribution in [-0.4, -0.2) is 30.6 Å². The summed E-state index contributed by atoms with van der Waals surface area (Å²) in [7, 11) is 0. The van der Waals surface area contributed by atoms with Gasteiger partial charge in [0.2, 0.25) is 0 Å². The Hall–Kier alpha value is -1.02. The molecular weight excluding hydrogens is 220 g/mol. The van der Waals surface area contributed by atoms with Gasteiger partial charge in [-0.1, -0.05) is 25.1 Å². The van der Waals surface area contributed by atoms with Crippen LogP contribution >= 0.6 is 0 Å². The molecule has 0 spiro atoms. The first kappa shape index (κ1) is 12.0. The van der Waals surface area contributed by atoms with E-state index in [2.05, 4.69) is 42.3 Å². The molecule has 18 heavy (non-hydrogen) atoms. The molecule has 2 saturated heterocycles. The summed E-state index contributed by atoms with van der Waals surface area (Å²) in [5.74, 6) is 0.864. The number of nitrogens with one attached hydrogen (secondary N) is 1. The van der Waals surface area contributed by atoms with E-state index in [1.807, 2.05) is 0 Å². The van der Waals surface area contributed by atoms with Crippen molar-refractivity contribution in [3.05, 3.63) is 29.3 Å².